The maximum Gasteiger partial charge on any atom is 0.325 e. The van der Waals surface area contributed by atoms with Gasteiger partial charge in [0, 0.05) is 29.4 Å². The SMILES string of the molecule is O=C1NC2(CCc3cc(Cl)ccc32)C(=O)N1CCCN1CCC(c2ccccn2)CC1. The summed E-state index contributed by atoms with van der Waals surface area (Å²) in [5, 5.41) is 3.65. The number of nitrogens with zero attached hydrogens (tertiary/aromatic N) is 3. The van der Waals surface area contributed by atoms with E-state index in [0.29, 0.717) is 23.9 Å². The first kappa shape index (κ1) is 20.5. The number of amides is 3. The van der Waals surface area contributed by atoms with Crippen molar-refractivity contribution in [3.05, 3.63) is 64.4 Å². The van der Waals surface area contributed by atoms with Crippen molar-refractivity contribution >= 4 is 23.5 Å². The number of benzene rings is 1. The summed E-state index contributed by atoms with van der Waals surface area (Å²) in [7, 11) is 0. The second-order valence-corrected chi connectivity index (χ2v) is 9.25. The molecule has 1 unspecified atom stereocenters. The highest BCUT2D eigenvalue weighted by Crippen LogP contribution is 2.42. The smallest absolute Gasteiger partial charge is 0.319 e. The number of likely N-dealkylation sites (tertiary alicyclic amines) is 1. The summed E-state index contributed by atoms with van der Waals surface area (Å²) in [4.78, 5) is 34.2. The molecule has 0 saturated carbocycles. The molecule has 1 aliphatic carbocycles. The summed E-state index contributed by atoms with van der Waals surface area (Å²) in [6.07, 6.45) is 6.21. The molecule has 2 aliphatic heterocycles. The van der Waals surface area contributed by atoms with E-state index in [2.05, 4.69) is 27.3 Å². The van der Waals surface area contributed by atoms with Crippen LogP contribution in [0, 0.1) is 0 Å². The Labute approximate surface area is 187 Å². The number of imide groups is 1. The molecule has 3 heterocycles. The average Bonchev–Trinajstić information content (AvgIpc) is 3.26. The third-order valence-corrected chi connectivity index (χ3v) is 7.26. The normalized spacial score (nSPS) is 24.1. The van der Waals surface area contributed by atoms with E-state index < -0.39 is 5.54 Å². The monoisotopic (exact) mass is 438 g/mol. The number of fused-ring (bicyclic) bond motifs is 2. The van der Waals surface area contributed by atoms with E-state index in [1.165, 1.54) is 10.6 Å². The van der Waals surface area contributed by atoms with Gasteiger partial charge in [-0.15, -0.1) is 0 Å². The number of hydrogen-bond donors (Lipinski definition) is 1. The van der Waals surface area contributed by atoms with Crippen LogP contribution < -0.4 is 5.32 Å². The Morgan fingerprint density at radius 1 is 1.13 bits per heavy atom. The van der Waals surface area contributed by atoms with Crippen molar-refractivity contribution in [1.29, 1.82) is 0 Å². The number of carbonyl (C=O) groups excluding carboxylic acids is 2. The lowest BCUT2D eigenvalue weighted by molar-refractivity contribution is -0.131. The van der Waals surface area contributed by atoms with Crippen molar-refractivity contribution in [1.82, 2.24) is 20.1 Å². The molecule has 1 spiro atoms. The van der Waals surface area contributed by atoms with Gasteiger partial charge in [-0.25, -0.2) is 4.79 Å². The maximum atomic E-state index is 13.3. The van der Waals surface area contributed by atoms with E-state index >= 15 is 0 Å². The zero-order chi connectivity index (χ0) is 21.4. The largest absolute Gasteiger partial charge is 0.325 e. The molecule has 0 bridgehead atoms. The number of urea groups is 1. The zero-order valence-corrected chi connectivity index (χ0v) is 18.3. The number of hydrogen-bond acceptors (Lipinski definition) is 4. The second kappa shape index (κ2) is 8.24. The van der Waals surface area contributed by atoms with Crippen molar-refractivity contribution < 1.29 is 9.59 Å². The van der Waals surface area contributed by atoms with Crippen molar-refractivity contribution in [2.75, 3.05) is 26.2 Å². The molecule has 1 aromatic heterocycles. The van der Waals surface area contributed by atoms with E-state index in [0.717, 1.165) is 56.4 Å². The van der Waals surface area contributed by atoms with Crippen molar-refractivity contribution in [2.24, 2.45) is 0 Å². The highest BCUT2D eigenvalue weighted by molar-refractivity contribution is 6.30. The topological polar surface area (TPSA) is 65.5 Å². The number of piperidine rings is 1. The molecule has 1 aromatic carbocycles. The van der Waals surface area contributed by atoms with Crippen molar-refractivity contribution in [3.8, 4) is 0 Å². The van der Waals surface area contributed by atoms with Gasteiger partial charge in [-0.2, -0.15) is 0 Å². The van der Waals surface area contributed by atoms with Gasteiger partial charge in [0.2, 0.25) is 0 Å². The Bertz CT molecular complexity index is 990. The summed E-state index contributed by atoms with van der Waals surface area (Å²) >= 11 is 6.11. The van der Waals surface area contributed by atoms with Gasteiger partial charge in [0.25, 0.3) is 5.91 Å². The summed E-state index contributed by atoms with van der Waals surface area (Å²) in [5.74, 6) is 0.409. The summed E-state index contributed by atoms with van der Waals surface area (Å²) in [6, 6.07) is 11.4. The molecule has 1 N–H and O–H groups in total. The summed E-state index contributed by atoms with van der Waals surface area (Å²) < 4.78 is 0. The quantitative estimate of drug-likeness (QED) is 0.723. The third kappa shape index (κ3) is 3.72. The lowest BCUT2D eigenvalue weighted by Crippen LogP contribution is -2.42. The second-order valence-electron chi connectivity index (χ2n) is 8.82. The fourth-order valence-corrected chi connectivity index (χ4v) is 5.54. The fraction of sp³-hybridized carbons (Fsp3) is 0.458. The number of rotatable bonds is 5. The first-order valence-corrected chi connectivity index (χ1v) is 11.5. The molecular formula is C24H27ClN4O2. The van der Waals surface area contributed by atoms with Crippen LogP contribution in [0.5, 0.6) is 0 Å². The molecule has 6 nitrogen and oxygen atoms in total. The van der Waals surface area contributed by atoms with Crippen molar-refractivity contribution in [2.45, 2.75) is 43.6 Å². The number of carbonyl (C=O) groups is 2. The summed E-state index contributed by atoms with van der Waals surface area (Å²) in [5.41, 5.74) is 2.23. The van der Waals surface area contributed by atoms with Crippen LogP contribution >= 0.6 is 11.6 Å². The van der Waals surface area contributed by atoms with Gasteiger partial charge in [0.1, 0.15) is 5.54 Å². The molecule has 3 aliphatic rings. The van der Waals surface area contributed by atoms with Gasteiger partial charge in [-0.05, 0) is 87.1 Å². The number of halogens is 1. The number of aromatic nitrogens is 1. The molecule has 3 amide bonds. The standard InChI is InChI=1S/C24H27ClN4O2/c25-19-5-6-20-18(16-19)7-10-24(20)22(30)29(23(31)27-24)13-3-12-28-14-8-17(9-15-28)21-4-1-2-11-26-21/h1-2,4-6,11,16-17H,3,7-10,12-15H2,(H,27,31). The van der Waals surface area contributed by atoms with Crippen LogP contribution in [0.3, 0.4) is 0 Å². The van der Waals surface area contributed by atoms with Crippen LogP contribution in [0.4, 0.5) is 4.79 Å². The Kier molecular flexibility index (Phi) is 5.44. The minimum absolute atomic E-state index is 0.118. The lowest BCUT2D eigenvalue weighted by atomic mass is 9.92. The van der Waals surface area contributed by atoms with Gasteiger partial charge in [-0.3, -0.25) is 14.7 Å². The first-order chi connectivity index (χ1) is 15.1. The van der Waals surface area contributed by atoms with Crippen LogP contribution in [0.1, 0.15) is 48.4 Å². The van der Waals surface area contributed by atoms with Gasteiger partial charge in [0.15, 0.2) is 0 Å². The molecule has 2 saturated heterocycles. The highest BCUT2D eigenvalue weighted by atomic mass is 35.5. The minimum atomic E-state index is -0.905. The average molecular weight is 439 g/mol. The number of nitrogens with one attached hydrogen (secondary N) is 1. The van der Waals surface area contributed by atoms with Crippen LogP contribution in [0.25, 0.3) is 0 Å². The Morgan fingerprint density at radius 2 is 1.97 bits per heavy atom. The molecule has 2 fully saturated rings. The molecule has 162 valence electrons. The van der Waals surface area contributed by atoms with Gasteiger partial charge >= 0.3 is 6.03 Å². The van der Waals surface area contributed by atoms with E-state index in [1.807, 2.05) is 24.4 Å². The molecule has 1 atom stereocenters. The molecule has 31 heavy (non-hydrogen) atoms. The van der Waals surface area contributed by atoms with Crippen LogP contribution in [-0.2, 0) is 16.8 Å². The Hall–Kier alpha value is -2.44. The molecule has 7 heteroatoms. The Morgan fingerprint density at radius 3 is 2.74 bits per heavy atom. The number of pyridine rings is 1. The van der Waals surface area contributed by atoms with Crippen LogP contribution in [0.15, 0.2) is 42.6 Å². The first-order valence-electron chi connectivity index (χ1n) is 11.1. The molecule has 0 radical (unpaired) electrons. The van der Waals surface area contributed by atoms with Crippen molar-refractivity contribution in [3.63, 3.8) is 0 Å². The molecular weight excluding hydrogens is 412 g/mol. The van der Waals surface area contributed by atoms with Crippen LogP contribution in [0.2, 0.25) is 5.02 Å². The lowest BCUT2D eigenvalue weighted by Gasteiger charge is -2.32. The third-order valence-electron chi connectivity index (χ3n) is 7.02. The summed E-state index contributed by atoms with van der Waals surface area (Å²) in [6.45, 7) is 3.40. The van der Waals surface area contributed by atoms with Crippen LogP contribution in [-0.4, -0.2) is 52.9 Å². The van der Waals surface area contributed by atoms with Gasteiger partial charge < -0.3 is 10.2 Å². The van der Waals surface area contributed by atoms with E-state index in [9.17, 15) is 9.59 Å². The molecule has 5 rings (SSSR count). The zero-order valence-electron chi connectivity index (χ0n) is 17.5. The maximum absolute atomic E-state index is 13.3. The number of aryl methyl sites for hydroxylation is 1. The van der Waals surface area contributed by atoms with Gasteiger partial charge in [0.05, 0.1) is 0 Å². The van der Waals surface area contributed by atoms with E-state index in [-0.39, 0.29) is 11.9 Å². The van der Waals surface area contributed by atoms with Gasteiger partial charge in [-0.1, -0.05) is 23.7 Å². The predicted octanol–water partition coefficient (Wildman–Crippen LogP) is 3.70. The van der Waals surface area contributed by atoms with E-state index in [4.69, 9.17) is 11.6 Å². The van der Waals surface area contributed by atoms with E-state index in [1.54, 1.807) is 6.07 Å². The predicted molar refractivity (Wildman–Crippen MR) is 119 cm³/mol. The minimum Gasteiger partial charge on any atom is -0.319 e. The highest BCUT2D eigenvalue weighted by Gasteiger charge is 2.55. The molecule has 2 aromatic rings. The fourth-order valence-electron chi connectivity index (χ4n) is 5.35. The Balaban J connectivity index is 1.15.